The summed E-state index contributed by atoms with van der Waals surface area (Å²) >= 11 is 3.38. The van der Waals surface area contributed by atoms with Gasteiger partial charge in [-0.25, -0.2) is 0 Å². The maximum atomic E-state index is 12.5. The van der Waals surface area contributed by atoms with Crippen molar-refractivity contribution in [1.29, 1.82) is 0 Å². The van der Waals surface area contributed by atoms with E-state index in [-0.39, 0.29) is 24.4 Å². The van der Waals surface area contributed by atoms with Crippen LogP contribution in [-0.2, 0) is 0 Å². The van der Waals surface area contributed by atoms with Crippen LogP contribution in [0.3, 0.4) is 0 Å². The summed E-state index contributed by atoms with van der Waals surface area (Å²) in [4.78, 5) is 14.4. The number of nitrogens with zero attached hydrogens (tertiary/aromatic N) is 1. The van der Waals surface area contributed by atoms with Gasteiger partial charge in [0, 0.05) is 23.6 Å². The minimum absolute atomic E-state index is 0. The third-order valence-electron chi connectivity index (χ3n) is 3.65. The molecule has 1 aliphatic rings. The predicted octanol–water partition coefficient (Wildman–Crippen LogP) is 2.69. The number of ether oxygens (including phenoxy) is 1. The van der Waals surface area contributed by atoms with Crippen molar-refractivity contribution in [2.24, 2.45) is 11.7 Å². The van der Waals surface area contributed by atoms with E-state index in [4.69, 9.17) is 10.5 Å². The van der Waals surface area contributed by atoms with Crippen LogP contribution in [0.5, 0.6) is 5.75 Å². The smallest absolute Gasteiger partial charge is 0.257 e. The van der Waals surface area contributed by atoms with Gasteiger partial charge in [-0.3, -0.25) is 4.79 Å². The van der Waals surface area contributed by atoms with Gasteiger partial charge in [-0.2, -0.15) is 0 Å². The van der Waals surface area contributed by atoms with Gasteiger partial charge in [-0.15, -0.1) is 12.4 Å². The molecule has 1 amide bonds. The lowest BCUT2D eigenvalue weighted by atomic mass is 10.0. The molecule has 0 spiro atoms. The number of nitrogens with two attached hydrogens (primary N) is 1. The normalized spacial score (nSPS) is 19.4. The summed E-state index contributed by atoms with van der Waals surface area (Å²) < 4.78 is 6.18. The molecule has 1 fully saturated rings. The SMILES string of the molecule is COc1cc(Br)ccc1C(=O)N1CCC(C(C)N)C1.Cl. The third-order valence-corrected chi connectivity index (χ3v) is 4.14. The van der Waals surface area contributed by atoms with E-state index in [2.05, 4.69) is 15.9 Å². The molecule has 0 aliphatic carbocycles. The largest absolute Gasteiger partial charge is 0.496 e. The summed E-state index contributed by atoms with van der Waals surface area (Å²) in [7, 11) is 1.58. The van der Waals surface area contributed by atoms with Crippen molar-refractivity contribution < 1.29 is 9.53 Å². The van der Waals surface area contributed by atoms with Crippen molar-refractivity contribution in [1.82, 2.24) is 4.90 Å². The molecule has 0 aromatic heterocycles. The molecule has 1 saturated heterocycles. The Morgan fingerprint density at radius 2 is 2.25 bits per heavy atom. The van der Waals surface area contributed by atoms with Gasteiger partial charge in [0.2, 0.25) is 0 Å². The minimum atomic E-state index is 0. The molecule has 2 N–H and O–H groups in total. The van der Waals surface area contributed by atoms with E-state index in [0.717, 1.165) is 24.0 Å². The Kier molecular flexibility index (Phi) is 6.30. The second-order valence-corrected chi connectivity index (χ2v) is 5.92. The van der Waals surface area contributed by atoms with Crippen molar-refractivity contribution in [3.8, 4) is 5.75 Å². The number of likely N-dealkylation sites (tertiary alicyclic amines) is 1. The number of hydrogen-bond acceptors (Lipinski definition) is 3. The van der Waals surface area contributed by atoms with Crippen LogP contribution in [-0.4, -0.2) is 37.0 Å². The average molecular weight is 364 g/mol. The van der Waals surface area contributed by atoms with Crippen molar-refractivity contribution in [2.45, 2.75) is 19.4 Å². The minimum Gasteiger partial charge on any atom is -0.496 e. The zero-order valence-electron chi connectivity index (χ0n) is 11.6. The van der Waals surface area contributed by atoms with Gasteiger partial charge in [0.15, 0.2) is 0 Å². The van der Waals surface area contributed by atoms with Gasteiger partial charge < -0.3 is 15.4 Å². The van der Waals surface area contributed by atoms with Crippen LogP contribution in [0.25, 0.3) is 0 Å². The predicted molar refractivity (Wildman–Crippen MR) is 85.6 cm³/mol. The number of halogens is 2. The highest BCUT2D eigenvalue weighted by atomic mass is 79.9. The van der Waals surface area contributed by atoms with Crippen LogP contribution >= 0.6 is 28.3 Å². The lowest BCUT2D eigenvalue weighted by Gasteiger charge is -2.19. The second-order valence-electron chi connectivity index (χ2n) is 5.00. The molecule has 20 heavy (non-hydrogen) atoms. The lowest BCUT2D eigenvalue weighted by molar-refractivity contribution is 0.0782. The van der Waals surface area contributed by atoms with Crippen LogP contribution in [0.1, 0.15) is 23.7 Å². The van der Waals surface area contributed by atoms with E-state index in [0.29, 0.717) is 17.2 Å². The maximum absolute atomic E-state index is 12.5. The van der Waals surface area contributed by atoms with Gasteiger partial charge in [-0.05, 0) is 37.5 Å². The highest BCUT2D eigenvalue weighted by Crippen LogP contribution is 2.27. The molecular formula is C14H20BrClN2O2. The molecule has 1 aromatic rings. The van der Waals surface area contributed by atoms with Crippen LogP contribution in [0, 0.1) is 5.92 Å². The molecule has 2 rings (SSSR count). The van der Waals surface area contributed by atoms with Crippen LogP contribution in [0.4, 0.5) is 0 Å². The standard InChI is InChI=1S/C14H19BrN2O2.ClH/c1-9(16)10-5-6-17(8-10)14(18)12-4-3-11(15)7-13(12)19-2;/h3-4,7,9-10H,5-6,8,16H2,1-2H3;1H. The van der Waals surface area contributed by atoms with Crippen molar-refractivity contribution >= 4 is 34.2 Å². The monoisotopic (exact) mass is 362 g/mol. The molecular weight excluding hydrogens is 344 g/mol. The van der Waals surface area contributed by atoms with Gasteiger partial charge >= 0.3 is 0 Å². The van der Waals surface area contributed by atoms with E-state index in [1.165, 1.54) is 0 Å². The Hall–Kier alpha value is -0.780. The second kappa shape index (κ2) is 7.29. The Labute approximate surface area is 134 Å². The average Bonchev–Trinajstić information content (AvgIpc) is 2.87. The molecule has 0 saturated carbocycles. The molecule has 1 aliphatic heterocycles. The zero-order chi connectivity index (χ0) is 14.0. The Bertz CT molecular complexity index is 482. The fraction of sp³-hybridized carbons (Fsp3) is 0.500. The third kappa shape index (κ3) is 3.65. The van der Waals surface area contributed by atoms with Crippen LogP contribution in [0.15, 0.2) is 22.7 Å². The number of amides is 1. The van der Waals surface area contributed by atoms with Gasteiger partial charge in [0.25, 0.3) is 5.91 Å². The van der Waals surface area contributed by atoms with Crippen LogP contribution in [0.2, 0.25) is 0 Å². The van der Waals surface area contributed by atoms with Gasteiger partial charge in [0.1, 0.15) is 5.75 Å². The summed E-state index contributed by atoms with van der Waals surface area (Å²) in [6, 6.07) is 5.59. The highest BCUT2D eigenvalue weighted by Gasteiger charge is 2.30. The van der Waals surface area contributed by atoms with Crippen molar-refractivity contribution in [3.63, 3.8) is 0 Å². The van der Waals surface area contributed by atoms with E-state index >= 15 is 0 Å². The summed E-state index contributed by atoms with van der Waals surface area (Å²) in [6.07, 6.45) is 0.974. The molecule has 0 bridgehead atoms. The fourth-order valence-electron chi connectivity index (χ4n) is 2.41. The van der Waals surface area contributed by atoms with Gasteiger partial charge in [-0.1, -0.05) is 15.9 Å². The quantitative estimate of drug-likeness (QED) is 0.898. The van der Waals surface area contributed by atoms with E-state index in [9.17, 15) is 4.79 Å². The lowest BCUT2D eigenvalue weighted by Crippen LogP contribution is -2.33. The molecule has 0 radical (unpaired) electrons. The summed E-state index contributed by atoms with van der Waals surface area (Å²) in [5.41, 5.74) is 6.51. The number of carbonyl (C=O) groups is 1. The number of rotatable bonds is 3. The zero-order valence-corrected chi connectivity index (χ0v) is 14.0. The van der Waals surface area contributed by atoms with E-state index in [1.54, 1.807) is 13.2 Å². The van der Waals surface area contributed by atoms with Crippen molar-refractivity contribution in [2.75, 3.05) is 20.2 Å². The molecule has 6 heteroatoms. The summed E-state index contributed by atoms with van der Waals surface area (Å²) in [5, 5.41) is 0. The molecule has 112 valence electrons. The number of methoxy groups -OCH3 is 1. The first-order chi connectivity index (χ1) is 9.02. The topological polar surface area (TPSA) is 55.6 Å². The first-order valence-corrected chi connectivity index (χ1v) is 7.20. The highest BCUT2D eigenvalue weighted by molar-refractivity contribution is 9.10. The molecule has 2 unspecified atom stereocenters. The first kappa shape index (κ1) is 17.3. The maximum Gasteiger partial charge on any atom is 0.257 e. The first-order valence-electron chi connectivity index (χ1n) is 6.41. The Balaban J connectivity index is 0.00000200. The van der Waals surface area contributed by atoms with Gasteiger partial charge in [0.05, 0.1) is 12.7 Å². The van der Waals surface area contributed by atoms with E-state index < -0.39 is 0 Å². The van der Waals surface area contributed by atoms with Crippen molar-refractivity contribution in [3.05, 3.63) is 28.2 Å². The molecule has 1 heterocycles. The molecule has 4 nitrogen and oxygen atoms in total. The summed E-state index contributed by atoms with van der Waals surface area (Å²) in [5.74, 6) is 1.02. The number of benzene rings is 1. The molecule has 1 aromatic carbocycles. The van der Waals surface area contributed by atoms with Crippen LogP contribution < -0.4 is 10.5 Å². The summed E-state index contributed by atoms with van der Waals surface area (Å²) in [6.45, 7) is 3.50. The Morgan fingerprint density at radius 1 is 1.55 bits per heavy atom. The number of hydrogen-bond donors (Lipinski definition) is 1. The Morgan fingerprint density at radius 3 is 2.80 bits per heavy atom. The fourth-order valence-corrected chi connectivity index (χ4v) is 2.75. The van der Waals surface area contributed by atoms with E-state index in [1.807, 2.05) is 24.0 Å². The number of carbonyl (C=O) groups excluding carboxylic acids is 1. The molecule has 2 atom stereocenters.